The summed E-state index contributed by atoms with van der Waals surface area (Å²) in [6, 6.07) is 0.851. The van der Waals surface area contributed by atoms with Crippen molar-refractivity contribution < 1.29 is 0 Å². The van der Waals surface area contributed by atoms with Gasteiger partial charge in [0, 0.05) is 6.04 Å². The Balaban J connectivity index is 2.32. The molecule has 1 heteroatoms. The van der Waals surface area contributed by atoms with Gasteiger partial charge in [0.05, 0.1) is 6.04 Å². The summed E-state index contributed by atoms with van der Waals surface area (Å²) in [5, 5.41) is 3.53. The molecule has 2 aliphatic rings. The molecule has 68 valence electrons. The van der Waals surface area contributed by atoms with Gasteiger partial charge >= 0.3 is 0 Å². The molecule has 0 saturated heterocycles. The predicted molar refractivity (Wildman–Crippen MR) is 56.5 cm³/mol. The Kier molecular flexibility index (Phi) is 2.19. The molecule has 2 unspecified atom stereocenters. The fraction of sp³-hybridized carbons (Fsp3) is 0.333. The molecule has 2 rings (SSSR count). The van der Waals surface area contributed by atoms with Crippen LogP contribution in [0.3, 0.4) is 0 Å². The summed E-state index contributed by atoms with van der Waals surface area (Å²) in [6.45, 7) is 4.34. The van der Waals surface area contributed by atoms with Crippen molar-refractivity contribution in [2.24, 2.45) is 0 Å². The zero-order valence-electron chi connectivity index (χ0n) is 8.12. The van der Waals surface area contributed by atoms with Crippen molar-refractivity contribution in [3.8, 4) is 0 Å². The minimum atomic E-state index is 0.398. The molecule has 0 fully saturated rings. The van der Waals surface area contributed by atoms with Crippen LogP contribution >= 0.6 is 0 Å². The quantitative estimate of drug-likeness (QED) is 0.593. The number of rotatable bonds is 0. The molecule has 1 nitrogen and oxygen atoms in total. The number of nitrogens with one attached hydrogen (secondary N) is 1. The highest BCUT2D eigenvalue weighted by Gasteiger charge is 2.17. The Bertz CT molecular complexity index is 318. The summed E-state index contributed by atoms with van der Waals surface area (Å²) >= 11 is 0. The zero-order chi connectivity index (χ0) is 9.26. The number of hydrogen-bond acceptors (Lipinski definition) is 1. The molecule has 1 aliphatic heterocycles. The van der Waals surface area contributed by atoms with Crippen LogP contribution in [0, 0.1) is 0 Å². The van der Waals surface area contributed by atoms with Gasteiger partial charge in [-0.25, -0.2) is 0 Å². The van der Waals surface area contributed by atoms with Crippen molar-refractivity contribution in [2.45, 2.75) is 25.9 Å². The van der Waals surface area contributed by atoms with Gasteiger partial charge in [0.15, 0.2) is 0 Å². The largest absolute Gasteiger partial charge is 0.301 e. The number of allylic oxidation sites excluding steroid dienone is 4. The molecule has 1 aliphatic carbocycles. The van der Waals surface area contributed by atoms with E-state index in [-0.39, 0.29) is 0 Å². The highest BCUT2D eigenvalue weighted by molar-refractivity contribution is 5.45. The molecule has 0 spiro atoms. The van der Waals surface area contributed by atoms with Gasteiger partial charge in [0.25, 0.3) is 0 Å². The van der Waals surface area contributed by atoms with Crippen molar-refractivity contribution in [3.05, 3.63) is 47.6 Å². The van der Waals surface area contributed by atoms with Crippen LogP contribution < -0.4 is 5.32 Å². The molecule has 1 N–H and O–H groups in total. The van der Waals surface area contributed by atoms with Crippen molar-refractivity contribution in [3.63, 3.8) is 0 Å². The maximum atomic E-state index is 3.53. The lowest BCUT2D eigenvalue weighted by molar-refractivity contribution is 0.607. The van der Waals surface area contributed by atoms with Crippen LogP contribution in [0.1, 0.15) is 13.8 Å². The topological polar surface area (TPSA) is 12.0 Å². The van der Waals surface area contributed by atoms with E-state index in [9.17, 15) is 0 Å². The summed E-state index contributed by atoms with van der Waals surface area (Å²) in [4.78, 5) is 0. The smallest absolute Gasteiger partial charge is 0.0516 e. The Morgan fingerprint density at radius 3 is 2.77 bits per heavy atom. The third-order valence-corrected chi connectivity index (χ3v) is 2.56. The maximum Gasteiger partial charge on any atom is 0.0516 e. The summed E-state index contributed by atoms with van der Waals surface area (Å²) in [6.07, 6.45) is 13.0. The Hall–Kier alpha value is -1.08. The summed E-state index contributed by atoms with van der Waals surface area (Å²) in [7, 11) is 0. The lowest BCUT2D eigenvalue weighted by Gasteiger charge is -2.22. The average molecular weight is 173 g/mol. The molecule has 0 bridgehead atoms. The van der Waals surface area contributed by atoms with Gasteiger partial charge in [0.2, 0.25) is 0 Å². The van der Waals surface area contributed by atoms with Gasteiger partial charge in [-0.2, -0.15) is 0 Å². The Labute approximate surface area is 79.5 Å². The van der Waals surface area contributed by atoms with Crippen LogP contribution in [-0.4, -0.2) is 12.1 Å². The van der Waals surface area contributed by atoms with E-state index in [1.54, 1.807) is 0 Å². The normalized spacial score (nSPS) is 31.8. The van der Waals surface area contributed by atoms with Crippen molar-refractivity contribution >= 4 is 0 Å². The molecular formula is C12H15N. The van der Waals surface area contributed by atoms with Gasteiger partial charge in [-0.15, -0.1) is 0 Å². The highest BCUT2D eigenvalue weighted by Crippen LogP contribution is 2.21. The van der Waals surface area contributed by atoms with Crippen LogP contribution in [0.2, 0.25) is 0 Å². The second-order valence-corrected chi connectivity index (χ2v) is 3.67. The van der Waals surface area contributed by atoms with Gasteiger partial charge in [-0.3, -0.25) is 0 Å². The van der Waals surface area contributed by atoms with E-state index in [4.69, 9.17) is 0 Å². The summed E-state index contributed by atoms with van der Waals surface area (Å²) in [5.41, 5.74) is 2.75. The summed E-state index contributed by atoms with van der Waals surface area (Å²) < 4.78 is 0. The Morgan fingerprint density at radius 2 is 1.92 bits per heavy atom. The molecule has 0 saturated carbocycles. The average Bonchev–Trinajstić information content (AvgIpc) is 2.27. The maximum absolute atomic E-state index is 3.53. The number of fused-ring (bicyclic) bond motifs is 1. The first-order chi connectivity index (χ1) is 6.27. The molecule has 0 amide bonds. The SMILES string of the molecule is CC1=CC=CC2NC(C)C=CC=C12. The lowest BCUT2D eigenvalue weighted by atomic mass is 9.95. The monoisotopic (exact) mass is 173 g/mol. The number of hydrogen-bond donors (Lipinski definition) is 1. The fourth-order valence-electron chi connectivity index (χ4n) is 1.80. The highest BCUT2D eigenvalue weighted by atomic mass is 14.9. The van der Waals surface area contributed by atoms with E-state index in [1.807, 2.05) is 0 Å². The second-order valence-electron chi connectivity index (χ2n) is 3.67. The van der Waals surface area contributed by atoms with Gasteiger partial charge in [-0.05, 0) is 25.0 Å². The van der Waals surface area contributed by atoms with Crippen LogP contribution in [0.25, 0.3) is 0 Å². The van der Waals surface area contributed by atoms with Crippen LogP contribution in [0.15, 0.2) is 47.6 Å². The summed E-state index contributed by atoms with van der Waals surface area (Å²) in [5.74, 6) is 0. The zero-order valence-corrected chi connectivity index (χ0v) is 8.12. The Morgan fingerprint density at radius 1 is 1.15 bits per heavy atom. The van der Waals surface area contributed by atoms with Crippen LogP contribution in [-0.2, 0) is 0 Å². The molecule has 2 atom stereocenters. The molecular weight excluding hydrogens is 158 g/mol. The van der Waals surface area contributed by atoms with E-state index in [1.165, 1.54) is 11.1 Å². The second kappa shape index (κ2) is 3.35. The molecule has 1 heterocycles. The van der Waals surface area contributed by atoms with Crippen molar-refractivity contribution in [1.82, 2.24) is 5.32 Å². The first kappa shape index (κ1) is 8.52. The first-order valence-electron chi connectivity index (χ1n) is 4.77. The third-order valence-electron chi connectivity index (χ3n) is 2.56. The minimum Gasteiger partial charge on any atom is -0.301 e. The van der Waals surface area contributed by atoms with E-state index in [0.717, 1.165) is 0 Å². The molecule has 0 aromatic rings. The lowest BCUT2D eigenvalue weighted by Crippen LogP contribution is -2.35. The molecule has 0 radical (unpaired) electrons. The molecule has 0 aromatic carbocycles. The molecule has 0 aromatic heterocycles. The third kappa shape index (κ3) is 1.65. The standard InChI is InChI=1S/C12H15N/c1-9-5-3-8-12-11(9)7-4-6-10(2)13-12/h3-8,10,12-13H,1-2H3. The predicted octanol–water partition coefficient (Wildman–Crippen LogP) is 2.35. The van der Waals surface area contributed by atoms with Gasteiger partial charge < -0.3 is 5.32 Å². The van der Waals surface area contributed by atoms with E-state index in [2.05, 4.69) is 55.6 Å². The van der Waals surface area contributed by atoms with E-state index >= 15 is 0 Å². The van der Waals surface area contributed by atoms with Crippen LogP contribution in [0.4, 0.5) is 0 Å². The van der Waals surface area contributed by atoms with Crippen molar-refractivity contribution in [1.29, 1.82) is 0 Å². The van der Waals surface area contributed by atoms with Crippen LogP contribution in [0.5, 0.6) is 0 Å². The van der Waals surface area contributed by atoms with E-state index in [0.29, 0.717) is 12.1 Å². The first-order valence-corrected chi connectivity index (χ1v) is 4.77. The minimum absolute atomic E-state index is 0.398. The fourth-order valence-corrected chi connectivity index (χ4v) is 1.80. The van der Waals surface area contributed by atoms with E-state index < -0.39 is 0 Å². The van der Waals surface area contributed by atoms with Gasteiger partial charge in [0.1, 0.15) is 0 Å². The van der Waals surface area contributed by atoms with Crippen molar-refractivity contribution in [2.75, 3.05) is 0 Å². The van der Waals surface area contributed by atoms with Gasteiger partial charge in [-0.1, -0.05) is 36.5 Å². The molecule has 13 heavy (non-hydrogen) atoms.